The Morgan fingerprint density at radius 2 is 1.87 bits per heavy atom. The monoisotopic (exact) mass is 314 g/mol. The molecule has 0 fully saturated rings. The fourth-order valence-electron chi connectivity index (χ4n) is 2.93. The van der Waals surface area contributed by atoms with E-state index in [0.29, 0.717) is 0 Å². The van der Waals surface area contributed by atoms with Gasteiger partial charge in [0.1, 0.15) is 0 Å². The second kappa shape index (κ2) is 8.71. The maximum absolute atomic E-state index is 11.1. The number of hydrogen-bond donors (Lipinski definition) is 0. The quantitative estimate of drug-likeness (QED) is 0.370. The first kappa shape index (κ1) is 19.2. The summed E-state index contributed by atoms with van der Waals surface area (Å²) in [6.45, 7) is 10.9. The third-order valence-corrected chi connectivity index (χ3v) is 4.32. The summed E-state index contributed by atoms with van der Waals surface area (Å²) in [6, 6.07) is 0. The van der Waals surface area contributed by atoms with Crippen LogP contribution in [0.2, 0.25) is 0 Å². The molecule has 0 radical (unpaired) electrons. The van der Waals surface area contributed by atoms with Crippen molar-refractivity contribution < 1.29 is 9.53 Å². The van der Waals surface area contributed by atoms with E-state index in [-0.39, 0.29) is 11.4 Å². The van der Waals surface area contributed by atoms with Crippen molar-refractivity contribution in [2.45, 2.75) is 53.9 Å². The SMILES string of the molecule is COC(=O)/C=C(C)/C=C/C=C(C)\C=C\C1=C(C)CCCC1(C)C. The molecule has 0 saturated carbocycles. The molecule has 0 N–H and O–H groups in total. The lowest BCUT2D eigenvalue weighted by atomic mass is 9.72. The minimum absolute atomic E-state index is 0.273. The molecule has 0 bridgehead atoms. The van der Waals surface area contributed by atoms with Crippen LogP contribution in [0.25, 0.3) is 0 Å². The van der Waals surface area contributed by atoms with Crippen molar-refractivity contribution >= 4 is 5.97 Å². The van der Waals surface area contributed by atoms with Gasteiger partial charge in [-0.25, -0.2) is 4.79 Å². The van der Waals surface area contributed by atoms with E-state index in [4.69, 9.17) is 0 Å². The van der Waals surface area contributed by atoms with Gasteiger partial charge in [-0.05, 0) is 56.6 Å². The molecule has 126 valence electrons. The minimum Gasteiger partial charge on any atom is -0.466 e. The van der Waals surface area contributed by atoms with Crippen molar-refractivity contribution in [2.75, 3.05) is 7.11 Å². The van der Waals surface area contributed by atoms with E-state index in [1.807, 2.05) is 19.1 Å². The van der Waals surface area contributed by atoms with Gasteiger partial charge in [-0.15, -0.1) is 0 Å². The van der Waals surface area contributed by atoms with E-state index in [9.17, 15) is 4.79 Å². The van der Waals surface area contributed by atoms with Gasteiger partial charge < -0.3 is 4.74 Å². The summed E-state index contributed by atoms with van der Waals surface area (Å²) in [5, 5.41) is 0. The normalized spacial score (nSPS) is 19.7. The number of carbonyl (C=O) groups excluding carboxylic acids is 1. The van der Waals surface area contributed by atoms with Gasteiger partial charge in [0.2, 0.25) is 0 Å². The van der Waals surface area contributed by atoms with Crippen LogP contribution in [0.5, 0.6) is 0 Å². The highest BCUT2D eigenvalue weighted by Gasteiger charge is 2.26. The predicted octanol–water partition coefficient (Wildman–Crippen LogP) is 5.69. The smallest absolute Gasteiger partial charge is 0.330 e. The molecule has 0 aromatic carbocycles. The number of esters is 1. The van der Waals surface area contributed by atoms with Crippen molar-refractivity contribution in [3.8, 4) is 0 Å². The zero-order valence-corrected chi connectivity index (χ0v) is 15.4. The summed E-state index contributed by atoms with van der Waals surface area (Å²) < 4.78 is 4.60. The van der Waals surface area contributed by atoms with Crippen molar-refractivity contribution in [1.29, 1.82) is 0 Å². The van der Waals surface area contributed by atoms with Crippen LogP contribution >= 0.6 is 0 Å². The number of hydrogen-bond acceptors (Lipinski definition) is 2. The lowest BCUT2D eigenvalue weighted by Crippen LogP contribution is -2.19. The third kappa shape index (κ3) is 6.43. The number of methoxy groups -OCH3 is 1. The van der Waals surface area contributed by atoms with Crippen LogP contribution in [0.15, 0.2) is 58.7 Å². The van der Waals surface area contributed by atoms with Crippen LogP contribution < -0.4 is 0 Å². The zero-order valence-electron chi connectivity index (χ0n) is 15.4. The van der Waals surface area contributed by atoms with E-state index >= 15 is 0 Å². The molecule has 0 unspecified atom stereocenters. The van der Waals surface area contributed by atoms with Gasteiger partial charge in [-0.2, -0.15) is 0 Å². The molecule has 0 atom stereocenters. The second-order valence-electron chi connectivity index (χ2n) is 6.95. The molecular weight excluding hydrogens is 284 g/mol. The standard InChI is InChI=1S/C21H30O2/c1-16(9-7-10-17(2)15-20(22)23-6)12-13-19-18(3)11-8-14-21(19,4)5/h7,9-10,12-13,15H,8,11,14H2,1-6H3/b10-7+,13-12+,16-9-,17-15+. The predicted molar refractivity (Wildman–Crippen MR) is 98.1 cm³/mol. The van der Waals surface area contributed by atoms with Crippen LogP contribution in [-0.4, -0.2) is 13.1 Å². The largest absolute Gasteiger partial charge is 0.466 e. The van der Waals surface area contributed by atoms with Crippen LogP contribution in [0, 0.1) is 5.41 Å². The molecule has 0 aromatic heterocycles. The Hall–Kier alpha value is -1.83. The second-order valence-corrected chi connectivity index (χ2v) is 6.95. The summed E-state index contributed by atoms with van der Waals surface area (Å²) in [7, 11) is 1.38. The minimum atomic E-state index is -0.324. The third-order valence-electron chi connectivity index (χ3n) is 4.32. The first-order valence-electron chi connectivity index (χ1n) is 8.26. The topological polar surface area (TPSA) is 26.3 Å². The summed E-state index contributed by atoms with van der Waals surface area (Å²) in [6.07, 6.45) is 15.6. The first-order valence-corrected chi connectivity index (χ1v) is 8.26. The zero-order chi connectivity index (χ0) is 17.5. The molecule has 2 nitrogen and oxygen atoms in total. The highest BCUT2D eigenvalue weighted by molar-refractivity contribution is 5.83. The molecule has 0 aromatic rings. The molecule has 0 spiro atoms. The molecule has 0 saturated heterocycles. The van der Waals surface area contributed by atoms with Crippen LogP contribution in [0.3, 0.4) is 0 Å². The average Bonchev–Trinajstić information content (AvgIpc) is 2.45. The fraction of sp³-hybridized carbons (Fsp3) is 0.476. The Labute approximate surface area is 141 Å². The van der Waals surface area contributed by atoms with E-state index in [1.54, 1.807) is 0 Å². The van der Waals surface area contributed by atoms with Gasteiger partial charge in [0.25, 0.3) is 0 Å². The van der Waals surface area contributed by atoms with Gasteiger partial charge in [0, 0.05) is 6.08 Å². The van der Waals surface area contributed by atoms with E-state index in [0.717, 1.165) is 5.57 Å². The van der Waals surface area contributed by atoms with Gasteiger partial charge in [-0.1, -0.05) is 55.4 Å². The fourth-order valence-corrected chi connectivity index (χ4v) is 2.93. The summed E-state index contributed by atoms with van der Waals surface area (Å²) in [5.74, 6) is -0.324. The maximum atomic E-state index is 11.1. The van der Waals surface area contributed by atoms with E-state index in [1.165, 1.54) is 49.2 Å². The molecule has 1 aliphatic carbocycles. The molecule has 2 heteroatoms. The highest BCUT2D eigenvalue weighted by atomic mass is 16.5. The molecule has 23 heavy (non-hydrogen) atoms. The lowest BCUT2D eigenvalue weighted by molar-refractivity contribution is -0.134. The number of rotatable bonds is 5. The van der Waals surface area contributed by atoms with Gasteiger partial charge in [0.05, 0.1) is 7.11 Å². The van der Waals surface area contributed by atoms with E-state index < -0.39 is 0 Å². The van der Waals surface area contributed by atoms with Crippen molar-refractivity contribution in [3.63, 3.8) is 0 Å². The summed E-state index contributed by atoms with van der Waals surface area (Å²) in [5.41, 5.74) is 5.32. The van der Waals surface area contributed by atoms with Crippen LogP contribution in [0.4, 0.5) is 0 Å². The molecule has 0 heterocycles. The lowest BCUT2D eigenvalue weighted by Gasteiger charge is -2.32. The molecule has 0 amide bonds. The summed E-state index contributed by atoms with van der Waals surface area (Å²) in [4.78, 5) is 11.1. The highest BCUT2D eigenvalue weighted by Crippen LogP contribution is 2.40. The van der Waals surface area contributed by atoms with E-state index in [2.05, 4.69) is 50.7 Å². The van der Waals surface area contributed by atoms with Crippen LogP contribution in [-0.2, 0) is 9.53 Å². The first-order chi connectivity index (χ1) is 10.8. The molecule has 1 aliphatic rings. The number of carbonyl (C=O) groups is 1. The average molecular weight is 314 g/mol. The summed E-state index contributed by atoms with van der Waals surface area (Å²) >= 11 is 0. The number of allylic oxidation sites excluding steroid dienone is 9. The molecular formula is C21H30O2. The van der Waals surface area contributed by atoms with Crippen molar-refractivity contribution in [3.05, 3.63) is 58.7 Å². The Morgan fingerprint density at radius 3 is 2.48 bits per heavy atom. The van der Waals surface area contributed by atoms with Gasteiger partial charge in [-0.3, -0.25) is 0 Å². The number of ether oxygens (including phenoxy) is 1. The Bertz CT molecular complexity index is 581. The van der Waals surface area contributed by atoms with Crippen LogP contribution in [0.1, 0.15) is 53.9 Å². The van der Waals surface area contributed by atoms with Gasteiger partial charge in [0.15, 0.2) is 0 Å². The molecule has 0 aliphatic heterocycles. The maximum Gasteiger partial charge on any atom is 0.330 e. The Balaban J connectivity index is 2.77. The van der Waals surface area contributed by atoms with Crippen molar-refractivity contribution in [1.82, 2.24) is 0 Å². The van der Waals surface area contributed by atoms with Crippen molar-refractivity contribution in [2.24, 2.45) is 5.41 Å². The van der Waals surface area contributed by atoms with Gasteiger partial charge >= 0.3 is 5.97 Å². The Morgan fingerprint density at radius 1 is 1.17 bits per heavy atom. The Kier molecular flexibility index (Phi) is 7.28. The molecule has 1 rings (SSSR count).